The summed E-state index contributed by atoms with van der Waals surface area (Å²) < 4.78 is 47.9. The second kappa shape index (κ2) is 11.7. The number of benzene rings is 2. The zero-order chi connectivity index (χ0) is 29.4. The molecule has 1 aromatic heterocycles. The first-order valence-electron chi connectivity index (χ1n) is 14.3. The molecule has 0 bridgehead atoms. The molecule has 1 N–H and O–H groups in total. The fourth-order valence-corrected chi connectivity index (χ4v) is 6.38. The molecule has 1 aliphatic carbocycles. The van der Waals surface area contributed by atoms with Gasteiger partial charge in [0.2, 0.25) is 0 Å². The summed E-state index contributed by atoms with van der Waals surface area (Å²) in [6.45, 7) is 12.1. The van der Waals surface area contributed by atoms with Crippen LogP contribution in [0.4, 0.5) is 14.5 Å². The number of aromatic nitrogens is 2. The summed E-state index contributed by atoms with van der Waals surface area (Å²) in [7, 11) is 0.383. The minimum Gasteiger partial charge on any atom is -0.494 e. The van der Waals surface area contributed by atoms with E-state index in [0.29, 0.717) is 66.3 Å². The van der Waals surface area contributed by atoms with Gasteiger partial charge in [-0.1, -0.05) is 37.8 Å². The Bertz CT molecular complexity index is 1420. The molecule has 222 valence electrons. The van der Waals surface area contributed by atoms with Gasteiger partial charge in [-0.3, -0.25) is 4.79 Å². The minimum absolute atomic E-state index is 0.0606. The Morgan fingerprint density at radius 1 is 1.24 bits per heavy atom. The summed E-state index contributed by atoms with van der Waals surface area (Å²) in [6, 6.07) is 7.34. The molecule has 0 spiro atoms. The molecule has 1 aliphatic heterocycles. The van der Waals surface area contributed by atoms with Crippen molar-refractivity contribution >= 4 is 30.6 Å². The minimum atomic E-state index is -2.84. The van der Waals surface area contributed by atoms with Crippen LogP contribution in [0.2, 0.25) is 25.7 Å². The van der Waals surface area contributed by atoms with Gasteiger partial charge in [-0.2, -0.15) is 5.10 Å². The Morgan fingerprint density at radius 2 is 2.00 bits per heavy atom. The number of morpholine rings is 1. The molecule has 1 unspecified atom stereocenters. The van der Waals surface area contributed by atoms with Gasteiger partial charge in [-0.25, -0.2) is 13.5 Å². The molecule has 8 nitrogen and oxygen atoms in total. The van der Waals surface area contributed by atoms with E-state index < -0.39 is 20.0 Å². The molecule has 2 aromatic carbocycles. The summed E-state index contributed by atoms with van der Waals surface area (Å²) in [5.41, 5.74) is 3.09. The van der Waals surface area contributed by atoms with Crippen molar-refractivity contribution in [1.29, 1.82) is 0 Å². The molecule has 0 saturated carbocycles. The fraction of sp³-hybridized carbons (Fsp3) is 0.533. The zero-order valence-electron chi connectivity index (χ0n) is 24.6. The van der Waals surface area contributed by atoms with Gasteiger partial charge in [0.15, 0.2) is 5.75 Å². The topological polar surface area (TPSA) is 77.9 Å². The smallest absolute Gasteiger partial charge is 0.273 e. The molecule has 5 rings (SSSR count). The van der Waals surface area contributed by atoms with Gasteiger partial charge in [0, 0.05) is 46.0 Å². The molecule has 11 heteroatoms. The van der Waals surface area contributed by atoms with Gasteiger partial charge in [0.25, 0.3) is 11.8 Å². The van der Waals surface area contributed by atoms with Gasteiger partial charge in [0.05, 0.1) is 43.0 Å². The number of hydrogen-bond acceptors (Lipinski definition) is 6. The van der Waals surface area contributed by atoms with Gasteiger partial charge in [-0.05, 0) is 36.6 Å². The number of carbonyl (C=O) groups is 1. The fourth-order valence-electron chi connectivity index (χ4n) is 5.63. The van der Waals surface area contributed by atoms with Gasteiger partial charge < -0.3 is 24.4 Å². The monoisotopic (exact) mass is 586 g/mol. The number of rotatable bonds is 10. The first kappa shape index (κ1) is 29.5. The molecule has 1 atom stereocenters. The van der Waals surface area contributed by atoms with Crippen molar-refractivity contribution in [2.45, 2.75) is 64.1 Å². The number of carbonyl (C=O) groups excluding carboxylic acids is 1. The summed E-state index contributed by atoms with van der Waals surface area (Å²) in [5.74, 6) is -2.52. The first-order chi connectivity index (χ1) is 19.5. The quantitative estimate of drug-likeness (QED) is 0.242. The third-order valence-corrected chi connectivity index (χ3v) is 9.61. The third-order valence-electron chi connectivity index (χ3n) is 7.91. The number of fused-ring (bicyclic) bond motifs is 2. The second-order valence-electron chi connectivity index (χ2n) is 12.1. The molecular formula is C30H40F2N4O4Si. The lowest BCUT2D eigenvalue weighted by atomic mass is 9.97. The van der Waals surface area contributed by atoms with Gasteiger partial charge in [-0.15, -0.1) is 0 Å². The maximum absolute atomic E-state index is 14.4. The van der Waals surface area contributed by atoms with Crippen LogP contribution in [-0.4, -0.2) is 63.8 Å². The predicted molar refractivity (Wildman–Crippen MR) is 158 cm³/mol. The van der Waals surface area contributed by atoms with Crippen molar-refractivity contribution in [2.75, 3.05) is 44.9 Å². The number of nitrogens with one attached hydrogen (secondary N) is 1. The third kappa shape index (κ3) is 6.26. The lowest BCUT2D eigenvalue weighted by molar-refractivity contribution is -0.00185. The van der Waals surface area contributed by atoms with E-state index in [-0.39, 0.29) is 31.0 Å². The van der Waals surface area contributed by atoms with E-state index >= 15 is 0 Å². The number of methoxy groups -OCH3 is 1. The Hall–Kier alpha value is -3.02. The molecule has 1 saturated heterocycles. The molecule has 41 heavy (non-hydrogen) atoms. The maximum atomic E-state index is 14.4. The maximum Gasteiger partial charge on any atom is 0.273 e. The van der Waals surface area contributed by atoms with Crippen LogP contribution in [0.3, 0.4) is 0 Å². The van der Waals surface area contributed by atoms with Crippen molar-refractivity contribution in [2.24, 2.45) is 0 Å². The first-order valence-corrected chi connectivity index (χ1v) is 18.0. The van der Waals surface area contributed by atoms with Crippen LogP contribution in [0.25, 0.3) is 10.9 Å². The number of anilines is 1. The lowest BCUT2D eigenvalue weighted by Crippen LogP contribution is -2.36. The van der Waals surface area contributed by atoms with Crippen molar-refractivity contribution in [3.8, 4) is 5.75 Å². The van der Waals surface area contributed by atoms with Gasteiger partial charge in [0.1, 0.15) is 12.2 Å². The number of nitrogens with zero attached hydrogens (tertiary/aromatic N) is 3. The number of ether oxygens (including phenoxy) is 3. The lowest BCUT2D eigenvalue weighted by Gasteiger charge is -2.30. The molecule has 0 radical (unpaired) electrons. The summed E-state index contributed by atoms with van der Waals surface area (Å²) in [5, 5.41) is 8.51. The van der Waals surface area contributed by atoms with E-state index in [1.165, 1.54) is 6.07 Å². The second-order valence-corrected chi connectivity index (χ2v) is 17.7. The number of halogens is 2. The largest absolute Gasteiger partial charge is 0.494 e. The molecule has 3 aromatic rings. The highest BCUT2D eigenvalue weighted by molar-refractivity contribution is 6.76. The Morgan fingerprint density at radius 3 is 2.71 bits per heavy atom. The zero-order valence-corrected chi connectivity index (χ0v) is 25.6. The van der Waals surface area contributed by atoms with E-state index in [9.17, 15) is 13.6 Å². The Balaban J connectivity index is 1.48. The number of hydrogen-bond donors (Lipinski definition) is 1. The van der Waals surface area contributed by atoms with E-state index in [4.69, 9.17) is 19.3 Å². The Labute approximate surface area is 240 Å². The van der Waals surface area contributed by atoms with E-state index in [1.807, 2.05) is 25.3 Å². The molecular weight excluding hydrogens is 546 g/mol. The average molecular weight is 587 g/mol. The van der Waals surface area contributed by atoms with Crippen LogP contribution in [0.15, 0.2) is 30.5 Å². The predicted octanol–water partition coefficient (Wildman–Crippen LogP) is 5.72. The molecule has 1 amide bonds. The van der Waals surface area contributed by atoms with E-state index in [1.54, 1.807) is 17.9 Å². The van der Waals surface area contributed by atoms with E-state index in [2.05, 4.69) is 29.9 Å². The molecule has 1 fully saturated rings. The average Bonchev–Trinajstić information content (AvgIpc) is 3.50. The number of amides is 1. The molecule has 2 heterocycles. The van der Waals surface area contributed by atoms with Crippen molar-refractivity contribution in [3.05, 3.63) is 52.7 Å². The summed E-state index contributed by atoms with van der Waals surface area (Å²) in [6.07, 6.45) is 1.94. The number of alkyl halides is 2. The highest BCUT2D eigenvalue weighted by Gasteiger charge is 2.40. The highest BCUT2D eigenvalue weighted by atomic mass is 28.3. The Kier molecular flexibility index (Phi) is 8.40. The van der Waals surface area contributed by atoms with Gasteiger partial charge >= 0.3 is 0 Å². The normalized spacial score (nSPS) is 17.5. The standard InChI is InChI=1S/C30H40F2N4O4Si/c1-20(21-7-6-8-25-22(21)9-10-30(25,31)32)33-29(37)23-17-26(35-11-13-39-14-12-35)28(38-2)24-18-36(34-27(23)24)19-40-15-16-41(3,4)5/h6-8,17-18,20H,9-16,19H2,1-5H3,(H,33,37). The van der Waals surface area contributed by atoms with Crippen LogP contribution >= 0.6 is 0 Å². The SMILES string of the molecule is COc1c(N2CCOCC2)cc(C(=O)NC(C)c2cccc3c2CCC3(F)F)c2nn(COCC[Si](C)(C)C)cc12. The van der Waals surface area contributed by atoms with Crippen LogP contribution in [-0.2, 0) is 28.5 Å². The highest BCUT2D eigenvalue weighted by Crippen LogP contribution is 2.44. The van der Waals surface area contributed by atoms with Crippen LogP contribution in [0, 0.1) is 0 Å². The van der Waals surface area contributed by atoms with Crippen molar-refractivity contribution < 1.29 is 27.8 Å². The summed E-state index contributed by atoms with van der Waals surface area (Å²) in [4.78, 5) is 16.0. The van der Waals surface area contributed by atoms with Crippen molar-refractivity contribution in [1.82, 2.24) is 15.1 Å². The summed E-state index contributed by atoms with van der Waals surface area (Å²) >= 11 is 0. The van der Waals surface area contributed by atoms with Crippen molar-refractivity contribution in [3.63, 3.8) is 0 Å². The molecule has 2 aliphatic rings. The van der Waals surface area contributed by atoms with Crippen LogP contribution < -0.4 is 15.0 Å². The van der Waals surface area contributed by atoms with Crippen LogP contribution in [0.5, 0.6) is 5.75 Å². The van der Waals surface area contributed by atoms with E-state index in [0.717, 1.165) is 11.7 Å². The van der Waals surface area contributed by atoms with Crippen LogP contribution in [0.1, 0.15) is 46.4 Å².